The normalized spacial score (nSPS) is 14.3. The maximum absolute atomic E-state index is 5.44. The van der Waals surface area contributed by atoms with Gasteiger partial charge >= 0.3 is 0 Å². The zero-order chi connectivity index (χ0) is 38.1. The highest BCUT2D eigenvalue weighted by atomic mass is 15.0. The highest BCUT2D eigenvalue weighted by Crippen LogP contribution is 2.40. The van der Waals surface area contributed by atoms with Gasteiger partial charge in [0, 0.05) is 29.3 Å². The topological polar surface area (TPSA) is 42.0 Å². The minimum Gasteiger partial charge on any atom is -0.299 e. The summed E-state index contributed by atoms with van der Waals surface area (Å²) in [5.41, 5.74) is 14.8. The van der Waals surface area contributed by atoms with Crippen LogP contribution < -0.4 is 0 Å². The van der Waals surface area contributed by atoms with Crippen LogP contribution in [0.2, 0.25) is 0 Å². The van der Waals surface area contributed by atoms with Gasteiger partial charge in [-0.05, 0) is 80.1 Å². The van der Waals surface area contributed by atoms with Gasteiger partial charge in [-0.25, -0.2) is 9.98 Å². The average molecular weight is 731 g/mol. The van der Waals surface area contributed by atoms with Crippen LogP contribution in [-0.2, 0) is 0 Å². The summed E-state index contributed by atoms with van der Waals surface area (Å²) in [6.45, 7) is 4.69. The summed E-state index contributed by atoms with van der Waals surface area (Å²) in [7, 11) is 0. The molecular formula is C53H38N4. The molecular weight excluding hydrogens is 693 g/mol. The second kappa shape index (κ2) is 14.7. The first kappa shape index (κ1) is 34.1. The van der Waals surface area contributed by atoms with Crippen molar-refractivity contribution in [2.45, 2.75) is 12.5 Å². The van der Waals surface area contributed by atoms with Crippen molar-refractivity contribution in [1.82, 2.24) is 9.38 Å². The van der Waals surface area contributed by atoms with Crippen LogP contribution in [0.3, 0.4) is 0 Å². The molecule has 4 nitrogen and oxygen atoms in total. The van der Waals surface area contributed by atoms with E-state index in [-0.39, 0.29) is 6.04 Å². The van der Waals surface area contributed by atoms with Crippen molar-refractivity contribution in [3.63, 3.8) is 0 Å². The largest absolute Gasteiger partial charge is 0.299 e. The minimum atomic E-state index is -0.315. The zero-order valence-corrected chi connectivity index (χ0v) is 31.3. The third kappa shape index (κ3) is 6.58. The predicted octanol–water partition coefficient (Wildman–Crippen LogP) is 13.1. The van der Waals surface area contributed by atoms with Crippen LogP contribution in [-0.4, -0.2) is 20.9 Å². The second-order valence-electron chi connectivity index (χ2n) is 14.5. The van der Waals surface area contributed by atoms with Crippen LogP contribution in [0.1, 0.15) is 29.2 Å². The van der Waals surface area contributed by atoms with Gasteiger partial charge in [0.25, 0.3) is 0 Å². The highest BCUT2D eigenvalue weighted by molar-refractivity contribution is 6.14. The number of pyridine rings is 1. The lowest BCUT2D eigenvalue weighted by Gasteiger charge is -2.19. The van der Waals surface area contributed by atoms with Crippen LogP contribution in [0.4, 0.5) is 0 Å². The molecule has 9 aromatic rings. The van der Waals surface area contributed by atoms with Crippen molar-refractivity contribution in [2.75, 3.05) is 0 Å². The third-order valence-electron chi connectivity index (χ3n) is 10.9. The number of rotatable bonds is 7. The van der Waals surface area contributed by atoms with Gasteiger partial charge in [0.15, 0.2) is 5.84 Å². The fourth-order valence-corrected chi connectivity index (χ4v) is 8.05. The van der Waals surface area contributed by atoms with Crippen molar-refractivity contribution in [1.29, 1.82) is 0 Å². The molecule has 0 radical (unpaired) electrons. The van der Waals surface area contributed by atoms with E-state index in [9.17, 15) is 0 Å². The number of amidine groups is 1. The van der Waals surface area contributed by atoms with Crippen LogP contribution in [0.5, 0.6) is 0 Å². The average Bonchev–Trinajstić information content (AvgIpc) is 3.58. The lowest BCUT2D eigenvalue weighted by Crippen LogP contribution is -2.05. The molecule has 270 valence electrons. The van der Waals surface area contributed by atoms with Crippen LogP contribution in [0, 0.1) is 0 Å². The lowest BCUT2D eigenvalue weighted by molar-refractivity contribution is 0.841. The molecule has 4 heteroatoms. The molecule has 0 spiro atoms. The van der Waals surface area contributed by atoms with Gasteiger partial charge in [-0.2, -0.15) is 0 Å². The number of hydrogen-bond acceptors (Lipinski definition) is 3. The SMILES string of the molecule is C=C1CC(c2ccccc2)=NC(c2ccccc2)=NC1c1cc(-c2ccc(-c3c(-c4ccccc4)nc4ccccn34)cc2)cc(-c2cccc3ccccc23)c1. The summed E-state index contributed by atoms with van der Waals surface area (Å²) in [6, 6.07) is 67.9. The summed E-state index contributed by atoms with van der Waals surface area (Å²) in [5, 5.41) is 2.42. The molecule has 0 saturated heterocycles. The number of imidazole rings is 1. The van der Waals surface area contributed by atoms with Gasteiger partial charge in [-0.15, -0.1) is 0 Å². The van der Waals surface area contributed by atoms with Gasteiger partial charge in [-0.3, -0.25) is 9.39 Å². The molecule has 1 aliphatic rings. The molecule has 0 saturated carbocycles. The first-order chi connectivity index (χ1) is 28.2. The van der Waals surface area contributed by atoms with Crippen molar-refractivity contribution in [3.8, 4) is 44.8 Å². The van der Waals surface area contributed by atoms with Crippen LogP contribution in [0.15, 0.2) is 222 Å². The van der Waals surface area contributed by atoms with E-state index >= 15 is 0 Å². The monoisotopic (exact) mass is 730 g/mol. The van der Waals surface area contributed by atoms with Gasteiger partial charge < -0.3 is 0 Å². The maximum Gasteiger partial charge on any atom is 0.155 e. The number of aliphatic imine (C=N–C) groups is 2. The molecule has 1 aliphatic heterocycles. The zero-order valence-electron chi connectivity index (χ0n) is 31.3. The summed E-state index contributed by atoms with van der Waals surface area (Å²) < 4.78 is 2.18. The van der Waals surface area contributed by atoms with E-state index in [1.807, 2.05) is 36.4 Å². The molecule has 0 N–H and O–H groups in total. The van der Waals surface area contributed by atoms with E-state index in [1.54, 1.807) is 0 Å². The Labute approximate surface area is 332 Å². The van der Waals surface area contributed by atoms with Gasteiger partial charge in [0.1, 0.15) is 5.65 Å². The minimum absolute atomic E-state index is 0.315. The molecule has 57 heavy (non-hydrogen) atoms. The molecule has 0 bridgehead atoms. The Balaban J connectivity index is 1.13. The van der Waals surface area contributed by atoms with E-state index in [0.29, 0.717) is 12.3 Å². The number of fused-ring (bicyclic) bond motifs is 2. The van der Waals surface area contributed by atoms with E-state index < -0.39 is 0 Å². The van der Waals surface area contributed by atoms with Crippen LogP contribution in [0.25, 0.3) is 61.2 Å². The van der Waals surface area contributed by atoms with E-state index in [2.05, 4.69) is 168 Å². The van der Waals surface area contributed by atoms with Gasteiger partial charge in [-0.1, -0.05) is 170 Å². The molecule has 0 aliphatic carbocycles. The Kier molecular flexibility index (Phi) is 8.77. The van der Waals surface area contributed by atoms with Crippen molar-refractivity contribution >= 4 is 28.0 Å². The number of benzene rings is 7. The molecule has 0 fully saturated rings. The Morgan fingerprint density at radius 2 is 1.14 bits per heavy atom. The molecule has 7 aromatic carbocycles. The summed E-state index contributed by atoms with van der Waals surface area (Å²) in [5.74, 6) is 0.710. The standard InChI is InChI=1S/C53H38N4/c1-36-32-48(39-17-5-2-6-18-39)54-53(42-21-9-4-10-22-42)56-50(36)45-34-43(33-44(35-45)47-25-15-23-38-16-11-12-24-46(38)47)37-27-29-41(30-28-37)52-51(40-19-7-3-8-20-40)55-49-26-13-14-31-57(49)52/h2-31,33-35,50H,1,32H2. The van der Waals surface area contributed by atoms with Gasteiger partial charge in [0.05, 0.1) is 23.1 Å². The Hall–Kier alpha value is -7.43. The summed E-state index contributed by atoms with van der Waals surface area (Å²) >= 11 is 0. The Bertz CT molecular complexity index is 2970. The first-order valence-corrected chi connectivity index (χ1v) is 19.4. The number of aromatic nitrogens is 2. The predicted molar refractivity (Wildman–Crippen MR) is 237 cm³/mol. The molecule has 10 rings (SSSR count). The third-order valence-corrected chi connectivity index (χ3v) is 10.9. The lowest BCUT2D eigenvalue weighted by atomic mass is 9.88. The van der Waals surface area contributed by atoms with Crippen molar-refractivity contribution in [3.05, 3.63) is 229 Å². The summed E-state index contributed by atoms with van der Waals surface area (Å²) in [4.78, 5) is 15.7. The highest BCUT2D eigenvalue weighted by Gasteiger charge is 2.24. The van der Waals surface area contributed by atoms with E-state index in [4.69, 9.17) is 21.5 Å². The molecule has 0 amide bonds. The Morgan fingerprint density at radius 1 is 0.509 bits per heavy atom. The smallest absolute Gasteiger partial charge is 0.155 e. The fraction of sp³-hybridized carbons (Fsp3) is 0.0377. The van der Waals surface area contributed by atoms with Gasteiger partial charge in [0.2, 0.25) is 0 Å². The summed E-state index contributed by atoms with van der Waals surface area (Å²) in [6.07, 6.45) is 2.70. The Morgan fingerprint density at radius 3 is 1.91 bits per heavy atom. The number of hydrogen-bond donors (Lipinski definition) is 0. The molecule has 1 atom stereocenters. The van der Waals surface area contributed by atoms with E-state index in [0.717, 1.165) is 72.8 Å². The molecule has 1 unspecified atom stereocenters. The molecule has 3 heterocycles. The number of nitrogens with zero attached hydrogens (tertiary/aromatic N) is 4. The second-order valence-corrected chi connectivity index (χ2v) is 14.5. The maximum atomic E-state index is 5.44. The van der Waals surface area contributed by atoms with Crippen molar-refractivity contribution in [2.24, 2.45) is 9.98 Å². The quantitative estimate of drug-likeness (QED) is 0.151. The van der Waals surface area contributed by atoms with E-state index in [1.165, 1.54) is 16.3 Å². The van der Waals surface area contributed by atoms with Crippen LogP contribution >= 0.6 is 0 Å². The molecule has 2 aromatic heterocycles. The first-order valence-electron chi connectivity index (χ1n) is 19.4. The fourth-order valence-electron chi connectivity index (χ4n) is 8.05. The van der Waals surface area contributed by atoms with Crippen molar-refractivity contribution < 1.29 is 0 Å².